The van der Waals surface area contributed by atoms with E-state index in [0.717, 1.165) is 17.8 Å². The van der Waals surface area contributed by atoms with Gasteiger partial charge in [0.15, 0.2) is 0 Å². The molecule has 1 aliphatic rings. The molecule has 0 aliphatic heterocycles. The first-order valence-corrected chi connectivity index (χ1v) is 15.5. The number of rotatable bonds is 8. The Labute approximate surface area is 242 Å². The molecule has 0 spiro atoms. The standard InChI is InChI=1S/C28H34FN5O5S2/c1-28(2,3)34-41(37,38)24-14-19(33-27(36)32-15-18-6-4-5-7-22(18)29)10-13-21(24)23-16-31-25(40-23)17-8-11-20(12-9-17)39-26(30)35/h4-7,10,13-14,16-17,20,34H,8-9,11-12,15H2,1-3H3,(H2,30,35)(H2,32,33,36)/t17-,20-. The molecule has 0 atom stereocenters. The van der Waals surface area contributed by atoms with Gasteiger partial charge in [-0.25, -0.2) is 32.1 Å². The Morgan fingerprint density at radius 1 is 1.12 bits per heavy atom. The average molecular weight is 604 g/mol. The second-order valence-corrected chi connectivity index (χ2v) is 13.7. The zero-order chi connectivity index (χ0) is 29.8. The third kappa shape index (κ3) is 8.24. The van der Waals surface area contributed by atoms with E-state index in [2.05, 4.69) is 20.3 Å². The van der Waals surface area contributed by atoms with Gasteiger partial charge in [0, 0.05) is 41.0 Å². The molecule has 13 heteroatoms. The average Bonchev–Trinajstić information content (AvgIpc) is 3.37. The number of urea groups is 1. The maximum Gasteiger partial charge on any atom is 0.404 e. The Balaban J connectivity index is 1.56. The minimum absolute atomic E-state index is 0.00639. The van der Waals surface area contributed by atoms with E-state index in [4.69, 9.17) is 10.5 Å². The van der Waals surface area contributed by atoms with Crippen LogP contribution in [0.1, 0.15) is 62.9 Å². The lowest BCUT2D eigenvalue weighted by atomic mass is 9.88. The number of carbonyl (C=O) groups excluding carboxylic acids is 2. The van der Waals surface area contributed by atoms with Crippen LogP contribution in [0, 0.1) is 5.82 Å². The summed E-state index contributed by atoms with van der Waals surface area (Å²) in [4.78, 5) is 28.9. The van der Waals surface area contributed by atoms with E-state index < -0.39 is 33.5 Å². The van der Waals surface area contributed by atoms with E-state index in [0.29, 0.717) is 28.8 Å². The zero-order valence-corrected chi connectivity index (χ0v) is 24.7. The van der Waals surface area contributed by atoms with Crippen LogP contribution in [0.25, 0.3) is 10.4 Å². The smallest absolute Gasteiger partial charge is 0.404 e. The first-order chi connectivity index (χ1) is 19.3. The molecule has 0 bridgehead atoms. The van der Waals surface area contributed by atoms with Crippen LogP contribution in [0.2, 0.25) is 0 Å². The number of primary amides is 1. The second kappa shape index (κ2) is 12.5. The third-order valence-corrected chi connectivity index (χ3v) is 9.45. The number of hydrogen-bond acceptors (Lipinski definition) is 7. The molecule has 3 aromatic rings. The molecule has 3 amide bonds. The number of amides is 3. The number of nitrogens with one attached hydrogen (secondary N) is 3. The van der Waals surface area contributed by atoms with E-state index in [1.165, 1.54) is 23.5 Å². The number of thiazole rings is 1. The number of aromatic nitrogens is 1. The molecule has 0 radical (unpaired) electrons. The van der Waals surface area contributed by atoms with Crippen molar-refractivity contribution < 1.29 is 27.1 Å². The summed E-state index contributed by atoms with van der Waals surface area (Å²) in [5.41, 5.74) is 5.42. The van der Waals surface area contributed by atoms with Gasteiger partial charge in [0.1, 0.15) is 11.9 Å². The Hall–Kier alpha value is -3.55. The van der Waals surface area contributed by atoms with Gasteiger partial charge in [-0.15, -0.1) is 11.3 Å². The number of nitrogens with zero attached hydrogens (tertiary/aromatic N) is 1. The molecule has 41 heavy (non-hydrogen) atoms. The molecule has 1 aromatic heterocycles. The summed E-state index contributed by atoms with van der Waals surface area (Å²) < 4.78 is 48.7. The molecule has 10 nitrogen and oxygen atoms in total. The lowest BCUT2D eigenvalue weighted by molar-refractivity contribution is 0.0787. The molecule has 1 aliphatic carbocycles. The quantitative estimate of drug-likeness (QED) is 0.268. The van der Waals surface area contributed by atoms with Crippen molar-refractivity contribution in [3.05, 3.63) is 65.0 Å². The predicted molar refractivity (Wildman–Crippen MR) is 156 cm³/mol. The first-order valence-electron chi connectivity index (χ1n) is 13.2. The van der Waals surface area contributed by atoms with Crippen LogP contribution in [0.4, 0.5) is 19.7 Å². The van der Waals surface area contributed by atoms with Gasteiger partial charge in [0.05, 0.1) is 14.8 Å². The van der Waals surface area contributed by atoms with Gasteiger partial charge in [-0.1, -0.05) is 24.3 Å². The highest BCUT2D eigenvalue weighted by atomic mass is 32.2. The number of halogens is 1. The van der Waals surface area contributed by atoms with Crippen molar-refractivity contribution in [2.45, 2.75) is 75.5 Å². The van der Waals surface area contributed by atoms with Gasteiger partial charge in [0.2, 0.25) is 10.0 Å². The lowest BCUT2D eigenvalue weighted by Gasteiger charge is -2.26. The second-order valence-electron chi connectivity index (χ2n) is 10.9. The fraction of sp³-hybridized carbons (Fsp3) is 0.393. The maximum absolute atomic E-state index is 13.9. The zero-order valence-electron chi connectivity index (χ0n) is 23.1. The van der Waals surface area contributed by atoms with Crippen LogP contribution in [0.15, 0.2) is 53.6 Å². The summed E-state index contributed by atoms with van der Waals surface area (Å²) in [6.07, 6.45) is 3.58. The summed E-state index contributed by atoms with van der Waals surface area (Å²) in [7, 11) is -4.00. The Morgan fingerprint density at radius 2 is 1.83 bits per heavy atom. The van der Waals surface area contributed by atoms with Crippen LogP contribution in [-0.2, 0) is 21.3 Å². The summed E-state index contributed by atoms with van der Waals surface area (Å²) in [5, 5.41) is 6.10. The predicted octanol–water partition coefficient (Wildman–Crippen LogP) is 5.47. The van der Waals surface area contributed by atoms with Crippen LogP contribution in [0.3, 0.4) is 0 Å². The van der Waals surface area contributed by atoms with E-state index in [9.17, 15) is 22.4 Å². The van der Waals surface area contributed by atoms with Gasteiger partial charge < -0.3 is 21.1 Å². The maximum atomic E-state index is 13.9. The lowest BCUT2D eigenvalue weighted by Crippen LogP contribution is -2.40. The van der Waals surface area contributed by atoms with Gasteiger partial charge in [-0.3, -0.25) is 0 Å². The number of nitrogens with two attached hydrogens (primary N) is 1. The molecule has 0 saturated heterocycles. The number of carbonyl (C=O) groups is 2. The monoisotopic (exact) mass is 603 g/mol. The van der Waals surface area contributed by atoms with Gasteiger partial charge in [0.25, 0.3) is 0 Å². The molecule has 1 heterocycles. The van der Waals surface area contributed by atoms with E-state index in [1.54, 1.807) is 57.3 Å². The largest absolute Gasteiger partial charge is 0.446 e. The van der Waals surface area contributed by atoms with Crippen molar-refractivity contribution in [1.29, 1.82) is 0 Å². The topological polar surface area (TPSA) is 153 Å². The minimum atomic E-state index is -4.00. The first kappa shape index (κ1) is 30.4. The number of hydrogen-bond donors (Lipinski definition) is 4. The number of ether oxygens (including phenoxy) is 1. The van der Waals surface area contributed by atoms with Gasteiger partial charge >= 0.3 is 12.1 Å². The van der Waals surface area contributed by atoms with Crippen LogP contribution in [0.5, 0.6) is 0 Å². The molecule has 4 rings (SSSR count). The number of anilines is 1. The van der Waals surface area contributed by atoms with Crippen molar-refractivity contribution in [3.63, 3.8) is 0 Å². The van der Waals surface area contributed by atoms with Crippen molar-refractivity contribution >= 4 is 39.2 Å². The molecule has 2 aromatic carbocycles. The SMILES string of the molecule is CC(C)(C)NS(=O)(=O)c1cc(NC(=O)NCc2ccccc2F)ccc1-c1cnc([C@H]2CC[C@H](OC(N)=O)CC2)s1. The number of benzene rings is 2. The van der Waals surface area contributed by atoms with Crippen molar-refractivity contribution in [2.75, 3.05) is 5.32 Å². The van der Waals surface area contributed by atoms with E-state index in [-0.39, 0.29) is 29.1 Å². The highest BCUT2D eigenvalue weighted by Gasteiger charge is 2.29. The summed E-state index contributed by atoms with van der Waals surface area (Å²) >= 11 is 1.41. The van der Waals surface area contributed by atoms with E-state index in [1.807, 2.05) is 0 Å². The molecule has 220 valence electrons. The van der Waals surface area contributed by atoms with Crippen molar-refractivity contribution in [3.8, 4) is 10.4 Å². The van der Waals surface area contributed by atoms with Gasteiger partial charge in [-0.2, -0.15) is 0 Å². The number of sulfonamides is 1. The molecule has 0 unspecified atom stereocenters. The highest BCUT2D eigenvalue weighted by Crippen LogP contribution is 2.40. The molecule has 1 fully saturated rings. The van der Waals surface area contributed by atoms with E-state index >= 15 is 0 Å². The normalized spacial score (nSPS) is 17.6. The molecular formula is C28H34FN5O5S2. The summed E-state index contributed by atoms with van der Waals surface area (Å²) in [6.45, 7) is 5.19. The van der Waals surface area contributed by atoms with Crippen LogP contribution >= 0.6 is 11.3 Å². The fourth-order valence-electron chi connectivity index (χ4n) is 4.67. The Bertz CT molecular complexity index is 1510. The van der Waals surface area contributed by atoms with Crippen LogP contribution in [-0.4, -0.2) is 37.2 Å². The minimum Gasteiger partial charge on any atom is -0.446 e. The fourth-order valence-corrected chi connectivity index (χ4v) is 7.53. The molecule has 1 saturated carbocycles. The van der Waals surface area contributed by atoms with Crippen molar-refractivity contribution in [2.24, 2.45) is 5.73 Å². The van der Waals surface area contributed by atoms with Crippen LogP contribution < -0.4 is 21.1 Å². The Kier molecular flexibility index (Phi) is 9.30. The molecular weight excluding hydrogens is 569 g/mol. The van der Waals surface area contributed by atoms with Crippen molar-refractivity contribution in [1.82, 2.24) is 15.0 Å². The van der Waals surface area contributed by atoms with Gasteiger partial charge in [-0.05, 0) is 64.7 Å². The summed E-state index contributed by atoms with van der Waals surface area (Å²) in [5.74, 6) is -0.275. The summed E-state index contributed by atoms with van der Waals surface area (Å²) in [6, 6.07) is 10.1. The highest BCUT2D eigenvalue weighted by molar-refractivity contribution is 7.89. The Morgan fingerprint density at radius 3 is 2.49 bits per heavy atom. The third-order valence-electron chi connectivity index (χ3n) is 6.46. The molecule has 5 N–H and O–H groups in total.